The number of aromatic nitrogens is 3. The number of benzene rings is 2. The number of halogens is 1. The summed E-state index contributed by atoms with van der Waals surface area (Å²) in [6.07, 6.45) is 3.43. The standard InChI is InChI=1S/C29H28FN7O4S/c1-37-20(15-32-10-11-40-2)16-34-28(37)25-14-22-26(42-25)24(8-9-33-22)41-23-7-6-19(13-21(23)30)36-29(39)35-18-5-3-4-17(12-18)27(31)38/h3-9,12-14,16,32H,10-11,15H2,1-2H3,(H2,31,38)(H2,35,36,39). The second-order valence-electron chi connectivity index (χ2n) is 9.21. The van der Waals surface area contributed by atoms with E-state index < -0.39 is 17.8 Å². The minimum atomic E-state index is -0.667. The molecule has 0 saturated heterocycles. The fraction of sp³-hybridized carbons (Fsp3) is 0.172. The number of thiophene rings is 1. The van der Waals surface area contributed by atoms with Crippen molar-refractivity contribution in [1.29, 1.82) is 0 Å². The normalized spacial score (nSPS) is 11.0. The van der Waals surface area contributed by atoms with E-state index in [0.29, 0.717) is 30.1 Å². The molecule has 13 heteroatoms. The number of pyridine rings is 1. The zero-order chi connectivity index (χ0) is 29.6. The number of nitrogens with two attached hydrogens (primary N) is 1. The lowest BCUT2D eigenvalue weighted by atomic mass is 10.2. The summed E-state index contributed by atoms with van der Waals surface area (Å²) < 4.78 is 28.8. The van der Waals surface area contributed by atoms with Crippen LogP contribution in [0.5, 0.6) is 11.5 Å². The number of methoxy groups -OCH3 is 1. The van der Waals surface area contributed by atoms with Crippen LogP contribution in [0.1, 0.15) is 16.1 Å². The van der Waals surface area contributed by atoms with E-state index in [0.717, 1.165) is 33.7 Å². The SMILES string of the molecule is COCCNCc1cnc(-c2cc3nccc(Oc4ccc(NC(=O)Nc5cccc(C(N)=O)c5)cc4F)c3s2)n1C. The Bertz CT molecular complexity index is 1750. The van der Waals surface area contributed by atoms with E-state index in [9.17, 15) is 9.59 Å². The topological polar surface area (TPSA) is 145 Å². The van der Waals surface area contributed by atoms with Gasteiger partial charge in [-0.1, -0.05) is 6.07 Å². The number of rotatable bonds is 11. The van der Waals surface area contributed by atoms with Crippen molar-refractivity contribution < 1.29 is 23.5 Å². The Hall–Kier alpha value is -4.85. The maximum absolute atomic E-state index is 15.0. The molecule has 0 atom stereocenters. The minimum Gasteiger partial charge on any atom is -0.453 e. The Morgan fingerprint density at radius 3 is 2.62 bits per heavy atom. The highest BCUT2D eigenvalue weighted by atomic mass is 32.1. The number of ether oxygens (including phenoxy) is 2. The van der Waals surface area contributed by atoms with E-state index in [4.69, 9.17) is 15.2 Å². The van der Waals surface area contributed by atoms with Gasteiger partial charge in [0.25, 0.3) is 0 Å². The molecule has 0 spiro atoms. The smallest absolute Gasteiger partial charge is 0.323 e. The van der Waals surface area contributed by atoms with Crippen LogP contribution < -0.4 is 26.4 Å². The largest absolute Gasteiger partial charge is 0.453 e. The van der Waals surface area contributed by atoms with Gasteiger partial charge in [-0.05, 0) is 36.4 Å². The second kappa shape index (κ2) is 12.8. The van der Waals surface area contributed by atoms with Gasteiger partial charge >= 0.3 is 6.03 Å². The zero-order valence-corrected chi connectivity index (χ0v) is 23.6. The number of hydrogen-bond donors (Lipinski definition) is 4. The van der Waals surface area contributed by atoms with Crippen molar-refractivity contribution in [3.63, 3.8) is 0 Å². The van der Waals surface area contributed by atoms with Gasteiger partial charge in [0, 0.05) is 62.5 Å². The van der Waals surface area contributed by atoms with Crippen LogP contribution in [0.15, 0.2) is 67.0 Å². The summed E-state index contributed by atoms with van der Waals surface area (Å²) >= 11 is 1.45. The summed E-state index contributed by atoms with van der Waals surface area (Å²) in [5.41, 5.74) is 7.82. The molecule has 3 amide bonds. The van der Waals surface area contributed by atoms with E-state index >= 15 is 4.39 Å². The van der Waals surface area contributed by atoms with Crippen molar-refractivity contribution in [2.45, 2.75) is 6.54 Å². The number of nitrogens with zero attached hydrogens (tertiary/aromatic N) is 3. The summed E-state index contributed by atoms with van der Waals surface area (Å²) in [5.74, 6) is -0.0685. The summed E-state index contributed by atoms with van der Waals surface area (Å²) in [6.45, 7) is 2.01. The number of primary amides is 1. The molecule has 0 aliphatic rings. The van der Waals surface area contributed by atoms with Crippen LogP contribution >= 0.6 is 11.3 Å². The predicted octanol–water partition coefficient (Wildman–Crippen LogP) is 5.11. The van der Waals surface area contributed by atoms with E-state index in [1.165, 1.54) is 35.6 Å². The third kappa shape index (κ3) is 6.54. The number of urea groups is 1. The first-order chi connectivity index (χ1) is 20.3. The van der Waals surface area contributed by atoms with Crippen LogP contribution in [0.25, 0.3) is 20.9 Å². The molecule has 11 nitrogen and oxygen atoms in total. The van der Waals surface area contributed by atoms with Gasteiger partial charge in [-0.25, -0.2) is 14.2 Å². The lowest BCUT2D eigenvalue weighted by Gasteiger charge is -2.11. The van der Waals surface area contributed by atoms with Crippen molar-refractivity contribution in [1.82, 2.24) is 19.9 Å². The third-order valence-corrected chi connectivity index (χ3v) is 7.42. The number of carbonyl (C=O) groups is 2. The molecule has 5 N–H and O–H groups in total. The number of imidazole rings is 1. The van der Waals surface area contributed by atoms with Crippen LogP contribution in [-0.4, -0.2) is 46.7 Å². The number of fused-ring (bicyclic) bond motifs is 1. The highest BCUT2D eigenvalue weighted by Crippen LogP contribution is 2.39. The summed E-state index contributed by atoms with van der Waals surface area (Å²) in [5, 5.41) is 8.46. The average molecular weight is 590 g/mol. The van der Waals surface area contributed by atoms with Crippen molar-refractivity contribution >= 4 is 44.9 Å². The van der Waals surface area contributed by atoms with Gasteiger partial charge in [0.05, 0.1) is 33.6 Å². The Kier molecular flexibility index (Phi) is 8.71. The van der Waals surface area contributed by atoms with E-state index in [1.54, 1.807) is 31.5 Å². The zero-order valence-electron chi connectivity index (χ0n) is 22.8. The Balaban J connectivity index is 1.28. The monoisotopic (exact) mass is 589 g/mol. The summed E-state index contributed by atoms with van der Waals surface area (Å²) in [6, 6.07) is 13.3. The van der Waals surface area contributed by atoms with E-state index in [1.807, 2.05) is 23.9 Å². The molecule has 0 aliphatic carbocycles. The van der Waals surface area contributed by atoms with Gasteiger partial charge in [-0.15, -0.1) is 11.3 Å². The maximum Gasteiger partial charge on any atom is 0.323 e. The van der Waals surface area contributed by atoms with Gasteiger partial charge in [0.2, 0.25) is 5.91 Å². The molecule has 0 unspecified atom stereocenters. The molecule has 0 saturated carbocycles. The molecule has 3 heterocycles. The number of nitrogens with one attached hydrogen (secondary N) is 3. The maximum atomic E-state index is 15.0. The van der Waals surface area contributed by atoms with Gasteiger partial charge in [-0.2, -0.15) is 0 Å². The lowest BCUT2D eigenvalue weighted by molar-refractivity contribution is 0.1000. The number of anilines is 2. The fourth-order valence-corrected chi connectivity index (χ4v) is 5.26. The Labute approximate surface area is 244 Å². The van der Waals surface area contributed by atoms with Gasteiger partial charge < -0.3 is 35.7 Å². The van der Waals surface area contributed by atoms with E-state index in [2.05, 4.69) is 25.9 Å². The molecule has 3 aromatic heterocycles. The first kappa shape index (κ1) is 28.7. The number of amides is 3. The molecule has 0 radical (unpaired) electrons. The third-order valence-electron chi connectivity index (χ3n) is 6.28. The average Bonchev–Trinajstić information content (AvgIpc) is 3.56. The van der Waals surface area contributed by atoms with Crippen LogP contribution in [-0.2, 0) is 18.3 Å². The first-order valence-corrected chi connectivity index (χ1v) is 13.7. The molecule has 42 heavy (non-hydrogen) atoms. The highest BCUT2D eigenvalue weighted by Gasteiger charge is 2.17. The van der Waals surface area contributed by atoms with Gasteiger partial charge in [0.1, 0.15) is 11.6 Å². The van der Waals surface area contributed by atoms with Crippen LogP contribution in [0.2, 0.25) is 0 Å². The molecule has 0 fully saturated rings. The van der Waals surface area contributed by atoms with E-state index in [-0.39, 0.29) is 17.0 Å². The van der Waals surface area contributed by atoms with Gasteiger partial charge in [0.15, 0.2) is 11.6 Å². The minimum absolute atomic E-state index is 0.0148. The molecule has 216 valence electrons. The molecule has 0 aliphatic heterocycles. The molecule has 0 bridgehead atoms. The lowest BCUT2D eigenvalue weighted by Crippen LogP contribution is -2.20. The van der Waals surface area contributed by atoms with Crippen molar-refractivity contribution in [2.75, 3.05) is 30.9 Å². The highest BCUT2D eigenvalue weighted by molar-refractivity contribution is 7.22. The summed E-state index contributed by atoms with van der Waals surface area (Å²) in [4.78, 5) is 33.7. The molecule has 5 aromatic rings. The molecular weight excluding hydrogens is 561 g/mol. The molecule has 5 rings (SSSR count). The quantitative estimate of drug-likeness (QED) is 0.157. The first-order valence-electron chi connectivity index (χ1n) is 12.9. The second-order valence-corrected chi connectivity index (χ2v) is 10.3. The van der Waals surface area contributed by atoms with Crippen LogP contribution in [0.4, 0.5) is 20.6 Å². The Morgan fingerprint density at radius 1 is 1.05 bits per heavy atom. The van der Waals surface area contributed by atoms with Crippen LogP contribution in [0.3, 0.4) is 0 Å². The van der Waals surface area contributed by atoms with Crippen molar-refractivity contribution in [3.8, 4) is 22.2 Å². The van der Waals surface area contributed by atoms with Crippen LogP contribution in [0, 0.1) is 5.82 Å². The Morgan fingerprint density at radius 2 is 1.86 bits per heavy atom. The number of carbonyl (C=O) groups excluding carboxylic acids is 2. The molecular formula is C29H28FN7O4S. The number of hydrogen-bond acceptors (Lipinski definition) is 8. The molecule has 2 aromatic carbocycles. The summed E-state index contributed by atoms with van der Waals surface area (Å²) in [7, 11) is 3.62. The predicted molar refractivity (Wildman–Crippen MR) is 159 cm³/mol. The van der Waals surface area contributed by atoms with Crippen molar-refractivity contribution in [2.24, 2.45) is 12.8 Å². The van der Waals surface area contributed by atoms with Crippen molar-refractivity contribution in [3.05, 3.63) is 84.1 Å². The fourth-order valence-electron chi connectivity index (χ4n) is 4.16. The van der Waals surface area contributed by atoms with Gasteiger partial charge in [-0.3, -0.25) is 9.78 Å².